The van der Waals surface area contributed by atoms with Crippen molar-refractivity contribution in [2.45, 2.75) is 58.7 Å². The summed E-state index contributed by atoms with van der Waals surface area (Å²) in [5, 5.41) is 0. The van der Waals surface area contributed by atoms with Gasteiger partial charge in [0.1, 0.15) is 11.2 Å². The van der Waals surface area contributed by atoms with E-state index in [-0.39, 0.29) is 5.97 Å². The van der Waals surface area contributed by atoms with E-state index in [1.54, 1.807) is 0 Å². The Labute approximate surface area is 139 Å². The molecule has 0 aliphatic carbocycles. The van der Waals surface area contributed by atoms with Crippen LogP contribution in [-0.2, 0) is 25.3 Å². The van der Waals surface area contributed by atoms with Gasteiger partial charge in [0.05, 0.1) is 5.76 Å². The van der Waals surface area contributed by atoms with Crippen LogP contribution in [0, 0.1) is 0 Å². The Balaban J connectivity index is 1.91. The molecule has 1 aromatic carbocycles. The number of ether oxygens (including phenoxy) is 1. The van der Waals surface area contributed by atoms with E-state index in [0.29, 0.717) is 18.6 Å². The standard InChI is InChI=1S/C18H25BO4/c1-13-18(5,6)23-19(22-13)15-10-7-14(8-11-15)9-12-16(20)21-17(2,3)4/h7-8,10-11H,1,9,12H2,2-6H3. The quantitative estimate of drug-likeness (QED) is 0.633. The molecule has 2 rings (SSSR count). The van der Waals surface area contributed by atoms with Gasteiger partial charge >= 0.3 is 13.1 Å². The maximum atomic E-state index is 11.7. The van der Waals surface area contributed by atoms with Crippen molar-refractivity contribution in [3.05, 3.63) is 42.2 Å². The number of carbonyl (C=O) groups is 1. The summed E-state index contributed by atoms with van der Waals surface area (Å²) in [5.41, 5.74) is 1.11. The third kappa shape index (κ3) is 4.86. The highest BCUT2D eigenvalue weighted by molar-refractivity contribution is 6.62. The number of rotatable bonds is 4. The van der Waals surface area contributed by atoms with Crippen LogP contribution in [0.5, 0.6) is 0 Å². The van der Waals surface area contributed by atoms with Crippen molar-refractivity contribution >= 4 is 18.6 Å². The maximum Gasteiger partial charge on any atom is 0.563 e. The van der Waals surface area contributed by atoms with E-state index < -0.39 is 18.3 Å². The van der Waals surface area contributed by atoms with E-state index >= 15 is 0 Å². The smallest absolute Gasteiger partial charge is 0.534 e. The van der Waals surface area contributed by atoms with Gasteiger partial charge in [0.2, 0.25) is 0 Å². The Morgan fingerprint density at radius 1 is 1.26 bits per heavy atom. The molecule has 1 saturated heterocycles. The Bertz CT molecular complexity index is 584. The summed E-state index contributed by atoms with van der Waals surface area (Å²) in [6.45, 7) is 13.4. The molecular weight excluding hydrogens is 291 g/mol. The lowest BCUT2D eigenvalue weighted by Crippen LogP contribution is -2.34. The molecule has 0 unspecified atom stereocenters. The van der Waals surface area contributed by atoms with Gasteiger partial charge in [-0.3, -0.25) is 4.79 Å². The minimum absolute atomic E-state index is 0.179. The van der Waals surface area contributed by atoms with E-state index in [2.05, 4.69) is 6.58 Å². The fraction of sp³-hybridized carbons (Fsp3) is 0.500. The molecule has 4 nitrogen and oxygen atoms in total. The third-order valence-corrected chi connectivity index (χ3v) is 3.61. The van der Waals surface area contributed by atoms with Gasteiger partial charge in [-0.1, -0.05) is 30.8 Å². The Morgan fingerprint density at radius 2 is 1.87 bits per heavy atom. The van der Waals surface area contributed by atoms with Gasteiger partial charge < -0.3 is 14.0 Å². The molecule has 1 aliphatic heterocycles. The zero-order chi connectivity index (χ0) is 17.3. The first kappa shape index (κ1) is 17.6. The van der Waals surface area contributed by atoms with Crippen molar-refractivity contribution in [2.24, 2.45) is 0 Å². The lowest BCUT2D eigenvalue weighted by molar-refractivity contribution is -0.154. The van der Waals surface area contributed by atoms with Gasteiger partial charge in [0, 0.05) is 6.42 Å². The van der Waals surface area contributed by atoms with Crippen molar-refractivity contribution in [1.82, 2.24) is 0 Å². The summed E-state index contributed by atoms with van der Waals surface area (Å²) in [5.74, 6) is 0.457. The lowest BCUT2D eigenvalue weighted by Gasteiger charge is -2.19. The molecule has 0 bridgehead atoms. The van der Waals surface area contributed by atoms with Crippen LogP contribution in [0.4, 0.5) is 0 Å². The second-order valence-electron chi connectivity index (χ2n) is 7.33. The molecule has 0 amide bonds. The number of hydrogen-bond acceptors (Lipinski definition) is 4. The molecule has 0 aromatic heterocycles. The summed E-state index contributed by atoms with van der Waals surface area (Å²) in [6.07, 6.45) is 1.02. The van der Waals surface area contributed by atoms with Crippen LogP contribution in [0.2, 0.25) is 0 Å². The van der Waals surface area contributed by atoms with Gasteiger partial charge in [0.15, 0.2) is 0 Å². The summed E-state index contributed by atoms with van der Waals surface area (Å²) in [7, 11) is -0.419. The summed E-state index contributed by atoms with van der Waals surface area (Å²) in [6, 6.07) is 7.90. The number of hydrogen-bond donors (Lipinski definition) is 0. The minimum atomic E-state index is -0.472. The van der Waals surface area contributed by atoms with E-state index in [4.69, 9.17) is 14.0 Å². The Kier molecular flexibility index (Phi) is 4.90. The van der Waals surface area contributed by atoms with Gasteiger partial charge in [0.25, 0.3) is 0 Å². The number of aryl methyl sites for hydroxylation is 1. The molecule has 23 heavy (non-hydrogen) atoms. The monoisotopic (exact) mass is 316 g/mol. The van der Waals surface area contributed by atoms with Crippen LogP contribution < -0.4 is 5.46 Å². The number of carbonyl (C=O) groups excluding carboxylic acids is 1. The zero-order valence-electron chi connectivity index (χ0n) is 14.6. The molecule has 0 N–H and O–H groups in total. The molecule has 1 heterocycles. The molecule has 1 fully saturated rings. The molecule has 5 heteroatoms. The molecular formula is C18H25BO4. The summed E-state index contributed by atoms with van der Waals surface area (Å²) >= 11 is 0. The van der Waals surface area contributed by atoms with Crippen molar-refractivity contribution in [2.75, 3.05) is 0 Å². The molecule has 1 aliphatic rings. The highest BCUT2D eigenvalue weighted by Gasteiger charge is 2.42. The van der Waals surface area contributed by atoms with Crippen LogP contribution >= 0.6 is 0 Å². The second kappa shape index (κ2) is 6.40. The molecule has 124 valence electrons. The summed E-state index contributed by atoms with van der Waals surface area (Å²) < 4.78 is 16.8. The largest absolute Gasteiger partial charge is 0.563 e. The average molecular weight is 316 g/mol. The zero-order valence-corrected chi connectivity index (χ0v) is 14.6. The first-order valence-corrected chi connectivity index (χ1v) is 7.91. The SMILES string of the molecule is C=C1OB(c2ccc(CCC(=O)OC(C)(C)C)cc2)OC1(C)C. The third-order valence-electron chi connectivity index (χ3n) is 3.61. The fourth-order valence-electron chi connectivity index (χ4n) is 2.24. The van der Waals surface area contributed by atoms with E-state index in [1.807, 2.05) is 58.9 Å². The lowest BCUT2D eigenvalue weighted by atomic mass is 9.79. The van der Waals surface area contributed by atoms with E-state index in [9.17, 15) is 4.79 Å². The highest BCUT2D eigenvalue weighted by atomic mass is 16.7. The van der Waals surface area contributed by atoms with E-state index in [0.717, 1.165) is 11.0 Å². The Hall–Kier alpha value is -1.75. The minimum Gasteiger partial charge on any atom is -0.534 e. The predicted molar refractivity (Wildman–Crippen MR) is 91.4 cm³/mol. The normalized spacial score (nSPS) is 17.1. The first-order valence-electron chi connectivity index (χ1n) is 7.91. The van der Waals surface area contributed by atoms with Crippen molar-refractivity contribution in [3.63, 3.8) is 0 Å². The van der Waals surface area contributed by atoms with Crippen LogP contribution in [0.15, 0.2) is 36.6 Å². The predicted octanol–water partition coefficient (Wildman–Crippen LogP) is 3.00. The number of benzene rings is 1. The molecule has 0 radical (unpaired) electrons. The summed E-state index contributed by atoms with van der Waals surface area (Å²) in [4.78, 5) is 11.7. The highest BCUT2D eigenvalue weighted by Crippen LogP contribution is 2.29. The van der Waals surface area contributed by atoms with Gasteiger partial charge in [-0.2, -0.15) is 0 Å². The van der Waals surface area contributed by atoms with Crippen molar-refractivity contribution < 1.29 is 18.8 Å². The van der Waals surface area contributed by atoms with Crippen molar-refractivity contribution in [3.8, 4) is 0 Å². The van der Waals surface area contributed by atoms with Crippen LogP contribution in [0.25, 0.3) is 0 Å². The molecule has 0 spiro atoms. The van der Waals surface area contributed by atoms with Gasteiger partial charge in [-0.05, 0) is 52.1 Å². The Morgan fingerprint density at radius 3 is 2.35 bits per heavy atom. The number of esters is 1. The fourth-order valence-corrected chi connectivity index (χ4v) is 2.24. The van der Waals surface area contributed by atoms with Crippen molar-refractivity contribution in [1.29, 1.82) is 0 Å². The molecule has 1 aromatic rings. The van der Waals surface area contributed by atoms with Gasteiger partial charge in [-0.15, -0.1) is 0 Å². The maximum absolute atomic E-state index is 11.7. The van der Waals surface area contributed by atoms with Crippen LogP contribution in [0.3, 0.4) is 0 Å². The van der Waals surface area contributed by atoms with Crippen LogP contribution in [0.1, 0.15) is 46.6 Å². The second-order valence-corrected chi connectivity index (χ2v) is 7.33. The topological polar surface area (TPSA) is 44.8 Å². The molecule has 0 saturated carbocycles. The van der Waals surface area contributed by atoms with E-state index in [1.165, 1.54) is 0 Å². The first-order chi connectivity index (χ1) is 10.6. The average Bonchev–Trinajstić information content (AvgIpc) is 2.69. The van der Waals surface area contributed by atoms with Crippen LogP contribution in [-0.4, -0.2) is 24.3 Å². The molecule has 0 atom stereocenters. The van der Waals surface area contributed by atoms with Gasteiger partial charge in [-0.25, -0.2) is 0 Å².